The van der Waals surface area contributed by atoms with E-state index in [1.807, 2.05) is 6.92 Å². The zero-order valence-corrected chi connectivity index (χ0v) is 32.0. The van der Waals surface area contributed by atoms with Crippen molar-refractivity contribution in [1.82, 2.24) is 0 Å². The van der Waals surface area contributed by atoms with E-state index < -0.39 is 6.10 Å². The SMILES string of the molecule is CC(O)c1cccc2c1C(C(C)C)(C(C)(C)C)CN2C(C)(C)C.Cc1cccc2c1C(C(C)C)(C(C)(C)C)CN2C(C)(C)C. The summed E-state index contributed by atoms with van der Waals surface area (Å²) in [5.74, 6) is 1.11. The van der Waals surface area contributed by atoms with E-state index in [9.17, 15) is 5.11 Å². The molecule has 4 rings (SSSR count). The van der Waals surface area contributed by atoms with Gasteiger partial charge in [0.1, 0.15) is 0 Å². The fourth-order valence-corrected chi connectivity index (χ4v) is 9.00. The van der Waals surface area contributed by atoms with Gasteiger partial charge >= 0.3 is 0 Å². The molecule has 0 aliphatic carbocycles. The van der Waals surface area contributed by atoms with Crippen LogP contribution in [-0.2, 0) is 10.8 Å². The predicted octanol–water partition coefficient (Wildman–Crippen LogP) is 10.9. The van der Waals surface area contributed by atoms with Crippen LogP contribution in [0.4, 0.5) is 11.4 Å². The van der Waals surface area contributed by atoms with Crippen molar-refractivity contribution in [2.24, 2.45) is 22.7 Å². The molecule has 0 amide bonds. The van der Waals surface area contributed by atoms with Crippen molar-refractivity contribution in [2.75, 3.05) is 22.9 Å². The molecule has 2 aliphatic rings. The highest BCUT2D eigenvalue weighted by molar-refractivity contribution is 5.69. The molecule has 0 saturated heterocycles. The second-order valence-electron chi connectivity index (χ2n) is 18.7. The molecule has 2 aliphatic heterocycles. The average Bonchev–Trinajstić information content (AvgIpc) is 3.40. The van der Waals surface area contributed by atoms with Gasteiger partial charge in [-0.1, -0.05) is 93.5 Å². The second kappa shape index (κ2) is 11.7. The Kier molecular flexibility index (Phi) is 9.67. The van der Waals surface area contributed by atoms with Gasteiger partial charge in [0, 0.05) is 46.4 Å². The highest BCUT2D eigenvalue weighted by atomic mass is 16.3. The van der Waals surface area contributed by atoms with E-state index in [1.165, 1.54) is 22.5 Å². The van der Waals surface area contributed by atoms with Crippen molar-refractivity contribution in [3.05, 3.63) is 58.7 Å². The summed E-state index contributed by atoms with van der Waals surface area (Å²) >= 11 is 0. The normalized spacial score (nSPS) is 23.1. The van der Waals surface area contributed by atoms with Gasteiger partial charge in [0.05, 0.1) is 6.10 Å². The first-order valence-corrected chi connectivity index (χ1v) is 17.2. The number of nitrogens with zero attached hydrogens (tertiary/aromatic N) is 2. The molecule has 3 heteroatoms. The zero-order valence-electron chi connectivity index (χ0n) is 32.0. The minimum atomic E-state index is -0.439. The summed E-state index contributed by atoms with van der Waals surface area (Å²) in [5.41, 5.74) is 9.06. The molecule has 1 N–H and O–H groups in total. The summed E-state index contributed by atoms with van der Waals surface area (Å²) in [7, 11) is 0. The van der Waals surface area contributed by atoms with Crippen LogP contribution in [0.1, 0.15) is 146 Å². The van der Waals surface area contributed by atoms with Crippen molar-refractivity contribution in [1.29, 1.82) is 0 Å². The van der Waals surface area contributed by atoms with Crippen molar-refractivity contribution >= 4 is 11.4 Å². The van der Waals surface area contributed by atoms with Gasteiger partial charge in [0.2, 0.25) is 0 Å². The van der Waals surface area contributed by atoms with E-state index >= 15 is 0 Å². The first-order valence-electron chi connectivity index (χ1n) is 17.2. The molecule has 3 atom stereocenters. The monoisotopic (exact) mass is 605 g/mol. The number of fused-ring (bicyclic) bond motifs is 2. The van der Waals surface area contributed by atoms with Gasteiger partial charge in [-0.05, 0) is 112 Å². The number of benzene rings is 2. The fourth-order valence-electron chi connectivity index (χ4n) is 9.00. The van der Waals surface area contributed by atoms with E-state index in [4.69, 9.17) is 0 Å². The van der Waals surface area contributed by atoms with Crippen molar-refractivity contribution < 1.29 is 5.11 Å². The lowest BCUT2D eigenvalue weighted by atomic mass is 9.57. The number of hydrogen-bond donors (Lipinski definition) is 1. The maximum Gasteiger partial charge on any atom is 0.0765 e. The van der Waals surface area contributed by atoms with Crippen LogP contribution >= 0.6 is 0 Å². The third kappa shape index (κ3) is 5.85. The number of aliphatic hydroxyl groups is 1. The Morgan fingerprint density at radius 2 is 0.955 bits per heavy atom. The standard InChI is InChI=1S/C21H35NO.C20H33N/c1-14(2)21(19(4,5)6)13-22(20(7,8)9)17-12-10-11-16(15(3)23)18(17)21;1-14(2)20(18(4,5)6)13-21(19(7,8)9)16-12-10-11-15(3)17(16)20/h10-12,14-15,23H,13H2,1-9H3;10-12,14H,13H2,1-9H3. The summed E-state index contributed by atoms with van der Waals surface area (Å²) < 4.78 is 0. The third-order valence-electron chi connectivity index (χ3n) is 11.3. The molecule has 2 heterocycles. The largest absolute Gasteiger partial charge is 0.389 e. The van der Waals surface area contributed by atoms with Gasteiger partial charge < -0.3 is 14.9 Å². The van der Waals surface area contributed by atoms with E-state index in [1.54, 1.807) is 5.56 Å². The van der Waals surface area contributed by atoms with Crippen molar-refractivity contribution in [3.63, 3.8) is 0 Å². The number of aryl methyl sites for hydroxylation is 1. The summed E-state index contributed by atoms with van der Waals surface area (Å²) in [4.78, 5) is 5.17. The van der Waals surface area contributed by atoms with Crippen molar-refractivity contribution in [2.45, 2.75) is 153 Å². The molecule has 2 aromatic carbocycles. The van der Waals surface area contributed by atoms with Gasteiger partial charge in [0.15, 0.2) is 0 Å². The predicted molar refractivity (Wildman–Crippen MR) is 194 cm³/mol. The first kappa shape index (κ1) is 36.5. The lowest BCUT2D eigenvalue weighted by Gasteiger charge is -2.48. The maximum atomic E-state index is 10.4. The van der Waals surface area contributed by atoms with Crippen LogP contribution < -0.4 is 9.80 Å². The highest BCUT2D eigenvalue weighted by Gasteiger charge is 2.56. The molecule has 0 saturated carbocycles. The molecular weight excluding hydrogens is 536 g/mol. The number of aliphatic hydroxyl groups excluding tert-OH is 1. The van der Waals surface area contributed by atoms with Crippen molar-refractivity contribution in [3.8, 4) is 0 Å². The van der Waals surface area contributed by atoms with Gasteiger partial charge in [0.25, 0.3) is 0 Å². The average molecular weight is 605 g/mol. The molecule has 44 heavy (non-hydrogen) atoms. The number of anilines is 2. The van der Waals surface area contributed by atoms with E-state index in [2.05, 4.69) is 164 Å². The molecule has 2 aromatic rings. The molecule has 3 nitrogen and oxygen atoms in total. The Labute approximate surface area is 272 Å². The Balaban J connectivity index is 0.000000241. The van der Waals surface area contributed by atoms with Crippen LogP contribution in [0.2, 0.25) is 0 Å². The molecule has 0 radical (unpaired) electrons. The van der Waals surface area contributed by atoms with Gasteiger partial charge in [-0.2, -0.15) is 0 Å². The van der Waals surface area contributed by atoms with Crippen LogP contribution in [0.5, 0.6) is 0 Å². The summed E-state index contributed by atoms with van der Waals surface area (Å²) in [6, 6.07) is 13.3. The summed E-state index contributed by atoms with van der Waals surface area (Å²) in [6.45, 7) is 43.9. The first-order chi connectivity index (χ1) is 19.8. The zero-order chi connectivity index (χ0) is 34.0. The number of rotatable bonds is 3. The maximum absolute atomic E-state index is 10.4. The summed E-state index contributed by atoms with van der Waals surface area (Å²) in [6.07, 6.45) is -0.439. The molecule has 3 unspecified atom stereocenters. The molecular formula is C41H68N2O. The minimum Gasteiger partial charge on any atom is -0.389 e. The van der Waals surface area contributed by atoms with Crippen LogP contribution in [0.3, 0.4) is 0 Å². The molecule has 0 spiro atoms. The molecule has 248 valence electrons. The lowest BCUT2D eigenvalue weighted by Crippen LogP contribution is -2.52. The highest BCUT2D eigenvalue weighted by Crippen LogP contribution is 2.59. The fraction of sp³-hybridized carbons (Fsp3) is 0.707. The quantitative estimate of drug-likeness (QED) is 0.377. The van der Waals surface area contributed by atoms with Crippen LogP contribution in [-0.4, -0.2) is 29.3 Å². The Hall–Kier alpha value is -2.00. The molecule has 0 aromatic heterocycles. The Morgan fingerprint density at radius 3 is 1.30 bits per heavy atom. The van der Waals surface area contributed by atoms with Gasteiger partial charge in [-0.15, -0.1) is 0 Å². The topological polar surface area (TPSA) is 26.7 Å². The van der Waals surface area contributed by atoms with Crippen LogP contribution in [0, 0.1) is 29.6 Å². The van der Waals surface area contributed by atoms with E-state index in [-0.39, 0.29) is 32.7 Å². The van der Waals surface area contributed by atoms with Crippen LogP contribution in [0.25, 0.3) is 0 Å². The van der Waals surface area contributed by atoms with Gasteiger partial charge in [-0.3, -0.25) is 0 Å². The van der Waals surface area contributed by atoms with E-state index in [0.717, 1.165) is 18.7 Å². The second-order valence-corrected chi connectivity index (χ2v) is 18.7. The van der Waals surface area contributed by atoms with Gasteiger partial charge in [-0.25, -0.2) is 0 Å². The molecule has 0 fully saturated rings. The summed E-state index contributed by atoms with van der Waals surface area (Å²) in [5, 5.41) is 10.4. The number of hydrogen-bond acceptors (Lipinski definition) is 3. The Morgan fingerprint density at radius 1 is 0.591 bits per heavy atom. The van der Waals surface area contributed by atoms with E-state index in [0.29, 0.717) is 11.8 Å². The smallest absolute Gasteiger partial charge is 0.0765 e. The third-order valence-corrected chi connectivity index (χ3v) is 11.3. The minimum absolute atomic E-state index is 0.0309. The van der Waals surface area contributed by atoms with Crippen LogP contribution in [0.15, 0.2) is 36.4 Å². The lowest BCUT2D eigenvalue weighted by molar-refractivity contribution is 0.127. The Bertz CT molecular complexity index is 1310. The molecule has 0 bridgehead atoms.